The van der Waals surface area contributed by atoms with Crippen molar-refractivity contribution in [3.63, 3.8) is 0 Å². The Balaban J connectivity index is 1.51. The second kappa shape index (κ2) is 6.94. The molecule has 150 valence electrons. The first-order valence-electron chi connectivity index (χ1n) is 9.90. The van der Waals surface area contributed by atoms with Crippen molar-refractivity contribution in [2.24, 2.45) is 7.05 Å². The molecule has 2 aliphatic heterocycles. The molecule has 0 saturated carbocycles. The number of carbonyl (C=O) groups excluding carboxylic acids is 1. The summed E-state index contributed by atoms with van der Waals surface area (Å²) in [6, 6.07) is 0. The smallest absolute Gasteiger partial charge is 0.273 e. The highest BCUT2D eigenvalue weighted by Gasteiger charge is 2.30. The van der Waals surface area contributed by atoms with Crippen LogP contribution in [-0.2, 0) is 20.0 Å². The lowest BCUT2D eigenvalue weighted by atomic mass is 10.0. The van der Waals surface area contributed by atoms with Crippen LogP contribution in [0.15, 0.2) is 12.5 Å². The summed E-state index contributed by atoms with van der Waals surface area (Å²) in [5.74, 6) is 1.09. The zero-order chi connectivity index (χ0) is 20.0. The van der Waals surface area contributed by atoms with E-state index in [0.717, 1.165) is 49.2 Å². The van der Waals surface area contributed by atoms with Crippen LogP contribution >= 0.6 is 0 Å². The molecule has 1 fully saturated rings. The molecule has 1 amide bonds. The van der Waals surface area contributed by atoms with E-state index >= 15 is 0 Å². The van der Waals surface area contributed by atoms with E-state index in [1.165, 1.54) is 0 Å². The molecule has 3 aromatic rings. The number of likely N-dealkylation sites (tertiary alicyclic amines) is 1. The number of carbonyl (C=O) groups is 1. The third kappa shape index (κ3) is 3.04. The van der Waals surface area contributed by atoms with E-state index in [2.05, 4.69) is 35.1 Å². The summed E-state index contributed by atoms with van der Waals surface area (Å²) in [6.07, 6.45) is 6.31. The van der Waals surface area contributed by atoms with E-state index in [1.807, 2.05) is 16.5 Å². The lowest BCUT2D eigenvalue weighted by molar-refractivity contribution is 0.0785. The Kier molecular flexibility index (Phi) is 4.26. The fourth-order valence-corrected chi connectivity index (χ4v) is 4.00. The molecule has 0 radical (unpaired) electrons. The summed E-state index contributed by atoms with van der Waals surface area (Å²) >= 11 is 0. The lowest BCUT2D eigenvalue weighted by Crippen LogP contribution is -2.36. The SMILES string of the molecule is CNc1nc2c(c(C(=O)N3CCCC3)n1)CN(c1ncc3c(ncn3C)n1)CC2. The van der Waals surface area contributed by atoms with Gasteiger partial charge >= 0.3 is 0 Å². The van der Waals surface area contributed by atoms with Crippen LogP contribution in [0.25, 0.3) is 11.2 Å². The predicted molar refractivity (Wildman–Crippen MR) is 108 cm³/mol. The van der Waals surface area contributed by atoms with E-state index in [4.69, 9.17) is 0 Å². The van der Waals surface area contributed by atoms with Gasteiger partial charge in [-0.2, -0.15) is 4.98 Å². The van der Waals surface area contributed by atoms with Gasteiger partial charge < -0.3 is 19.7 Å². The number of imidazole rings is 1. The van der Waals surface area contributed by atoms with Crippen LogP contribution in [0.2, 0.25) is 0 Å². The quantitative estimate of drug-likeness (QED) is 0.703. The number of aromatic nitrogens is 6. The maximum atomic E-state index is 13.2. The largest absolute Gasteiger partial charge is 0.357 e. The molecule has 0 aliphatic carbocycles. The second-order valence-corrected chi connectivity index (χ2v) is 7.48. The summed E-state index contributed by atoms with van der Waals surface area (Å²) in [5.41, 5.74) is 3.83. The van der Waals surface area contributed by atoms with Crippen LogP contribution in [0.1, 0.15) is 34.6 Å². The summed E-state index contributed by atoms with van der Waals surface area (Å²) in [6.45, 7) is 2.81. The highest BCUT2D eigenvalue weighted by molar-refractivity contribution is 5.94. The topological polar surface area (TPSA) is 105 Å². The van der Waals surface area contributed by atoms with Crippen molar-refractivity contribution in [3.05, 3.63) is 29.5 Å². The summed E-state index contributed by atoms with van der Waals surface area (Å²) in [4.78, 5) is 39.7. The van der Waals surface area contributed by atoms with Crippen molar-refractivity contribution in [3.8, 4) is 0 Å². The van der Waals surface area contributed by atoms with Gasteiger partial charge in [-0.25, -0.2) is 19.9 Å². The minimum atomic E-state index is -0.0133. The van der Waals surface area contributed by atoms with Crippen molar-refractivity contribution < 1.29 is 4.79 Å². The Morgan fingerprint density at radius 3 is 2.72 bits per heavy atom. The first-order valence-corrected chi connectivity index (χ1v) is 9.90. The zero-order valence-corrected chi connectivity index (χ0v) is 16.6. The Morgan fingerprint density at radius 2 is 1.93 bits per heavy atom. The van der Waals surface area contributed by atoms with Crippen molar-refractivity contribution in [2.45, 2.75) is 25.8 Å². The number of rotatable bonds is 3. The predicted octanol–water partition coefficient (Wildman–Crippen LogP) is 0.994. The molecule has 1 N–H and O–H groups in total. The van der Waals surface area contributed by atoms with Gasteiger partial charge in [-0.1, -0.05) is 0 Å². The number of hydrogen-bond donors (Lipinski definition) is 1. The molecule has 0 bridgehead atoms. The molecule has 5 heterocycles. The molecule has 29 heavy (non-hydrogen) atoms. The van der Waals surface area contributed by atoms with Gasteiger partial charge in [0.2, 0.25) is 11.9 Å². The highest BCUT2D eigenvalue weighted by atomic mass is 16.2. The summed E-state index contributed by atoms with van der Waals surface area (Å²) < 4.78 is 1.89. The molecule has 10 nitrogen and oxygen atoms in total. The second-order valence-electron chi connectivity index (χ2n) is 7.48. The number of aryl methyl sites for hydroxylation is 1. The van der Waals surface area contributed by atoms with E-state index < -0.39 is 0 Å². The van der Waals surface area contributed by atoms with Gasteiger partial charge in [-0.3, -0.25) is 4.79 Å². The van der Waals surface area contributed by atoms with E-state index in [9.17, 15) is 4.79 Å². The molecule has 10 heteroatoms. The third-order valence-corrected chi connectivity index (χ3v) is 5.63. The minimum Gasteiger partial charge on any atom is -0.357 e. The van der Waals surface area contributed by atoms with Crippen molar-refractivity contribution in [2.75, 3.05) is 36.9 Å². The number of anilines is 2. The Morgan fingerprint density at radius 1 is 1.10 bits per heavy atom. The van der Waals surface area contributed by atoms with Crippen LogP contribution in [0.5, 0.6) is 0 Å². The average Bonchev–Trinajstić information content (AvgIpc) is 3.42. The molecular weight excluding hydrogens is 370 g/mol. The normalized spacial score (nSPS) is 16.3. The van der Waals surface area contributed by atoms with Crippen molar-refractivity contribution >= 4 is 29.0 Å². The molecule has 0 unspecified atom stereocenters. The monoisotopic (exact) mass is 393 g/mol. The number of nitrogens with one attached hydrogen (secondary N) is 1. The van der Waals surface area contributed by atoms with Crippen LogP contribution in [-0.4, -0.2) is 67.0 Å². The van der Waals surface area contributed by atoms with Crippen molar-refractivity contribution in [1.29, 1.82) is 0 Å². The molecule has 5 rings (SSSR count). The molecule has 3 aromatic heterocycles. The summed E-state index contributed by atoms with van der Waals surface area (Å²) in [5, 5.41) is 2.99. The minimum absolute atomic E-state index is 0.0133. The van der Waals surface area contributed by atoms with Crippen LogP contribution in [0.3, 0.4) is 0 Å². The molecule has 0 spiro atoms. The fourth-order valence-electron chi connectivity index (χ4n) is 4.00. The first kappa shape index (κ1) is 17.8. The highest BCUT2D eigenvalue weighted by Crippen LogP contribution is 2.26. The molecule has 2 aliphatic rings. The molecule has 1 saturated heterocycles. The number of fused-ring (bicyclic) bond motifs is 2. The fraction of sp³-hybridized carbons (Fsp3) is 0.474. The standard InChI is InChI=1S/C19H23N9O/c1-20-18-23-13-5-8-28(19-21-9-14-16(25-19)22-11-26(14)2)10-12(13)15(24-18)17(29)27-6-3-4-7-27/h9,11H,3-8,10H2,1-2H3,(H,20,23,24). The number of hydrogen-bond acceptors (Lipinski definition) is 8. The van der Waals surface area contributed by atoms with Gasteiger partial charge in [0, 0.05) is 45.7 Å². The number of nitrogens with zero attached hydrogens (tertiary/aromatic N) is 8. The Labute approximate surface area is 168 Å². The van der Waals surface area contributed by atoms with Gasteiger partial charge in [0.05, 0.1) is 24.8 Å². The summed E-state index contributed by atoms with van der Waals surface area (Å²) in [7, 11) is 3.69. The molecular formula is C19H23N9O. The van der Waals surface area contributed by atoms with E-state index in [-0.39, 0.29) is 5.91 Å². The molecule has 0 aromatic carbocycles. The van der Waals surface area contributed by atoms with E-state index in [0.29, 0.717) is 36.2 Å². The Bertz CT molecular complexity index is 1090. The average molecular weight is 393 g/mol. The zero-order valence-electron chi connectivity index (χ0n) is 16.6. The maximum Gasteiger partial charge on any atom is 0.273 e. The third-order valence-electron chi connectivity index (χ3n) is 5.63. The Hall–Kier alpha value is -3.30. The van der Waals surface area contributed by atoms with E-state index in [1.54, 1.807) is 19.6 Å². The maximum absolute atomic E-state index is 13.2. The number of amides is 1. The molecule has 0 atom stereocenters. The van der Waals surface area contributed by atoms with Crippen LogP contribution in [0, 0.1) is 0 Å². The first-order chi connectivity index (χ1) is 14.1. The van der Waals surface area contributed by atoms with Gasteiger partial charge in [-0.15, -0.1) is 0 Å². The van der Waals surface area contributed by atoms with Gasteiger partial charge in [-0.05, 0) is 12.8 Å². The van der Waals surface area contributed by atoms with Crippen molar-refractivity contribution in [1.82, 2.24) is 34.4 Å². The van der Waals surface area contributed by atoms with Gasteiger partial charge in [0.1, 0.15) is 11.2 Å². The van der Waals surface area contributed by atoms with Gasteiger partial charge in [0.15, 0.2) is 5.65 Å². The van der Waals surface area contributed by atoms with Gasteiger partial charge in [0.25, 0.3) is 5.91 Å². The lowest BCUT2D eigenvalue weighted by Gasteiger charge is -2.30. The van der Waals surface area contributed by atoms with Crippen LogP contribution < -0.4 is 10.2 Å². The van der Waals surface area contributed by atoms with Crippen LogP contribution in [0.4, 0.5) is 11.9 Å².